The van der Waals surface area contributed by atoms with E-state index in [1.165, 1.54) is 132 Å². The van der Waals surface area contributed by atoms with E-state index in [2.05, 4.69) is 243 Å². The minimum atomic E-state index is -0.437. The van der Waals surface area contributed by atoms with Gasteiger partial charge < -0.3 is 0 Å². The third-order valence-corrected chi connectivity index (χ3v) is 16.7. The molecule has 4 aliphatic carbocycles. The fourth-order valence-corrected chi connectivity index (χ4v) is 14.2. The lowest BCUT2D eigenvalue weighted by molar-refractivity contribution is 0.793. The monoisotopic (exact) mass is 864 g/mol. The number of hydrogen-bond donors (Lipinski definition) is 0. The molecule has 0 unspecified atom stereocenters. The molecule has 0 nitrogen and oxygen atoms in total. The SMILES string of the molecule is C(=C(c1ccc(-c2ccccc2)cc1)c1ccc2c(c1)C1(c3ccccc3-c3ccccc31)c1ccccc1-2)c1ccc2c(c1)C1(c3ccccc3-c3ccccc31)c1c-2sc2ccccc12. The summed E-state index contributed by atoms with van der Waals surface area (Å²) in [5.41, 5.74) is 26.6. The summed E-state index contributed by atoms with van der Waals surface area (Å²) in [6.07, 6.45) is 2.47. The Morgan fingerprint density at radius 3 is 1.37 bits per heavy atom. The zero-order valence-corrected chi connectivity index (χ0v) is 37.3. The van der Waals surface area contributed by atoms with Gasteiger partial charge in [0.1, 0.15) is 0 Å². The van der Waals surface area contributed by atoms with Gasteiger partial charge in [-0.3, -0.25) is 0 Å². The third kappa shape index (κ3) is 4.81. The Hall–Kier alpha value is -8.10. The van der Waals surface area contributed by atoms with Gasteiger partial charge in [-0.2, -0.15) is 0 Å². The lowest BCUT2D eigenvalue weighted by atomic mass is 9.70. The predicted octanol–water partition coefficient (Wildman–Crippen LogP) is 16.8. The van der Waals surface area contributed by atoms with E-state index >= 15 is 0 Å². The molecule has 0 atom stereocenters. The first-order valence-corrected chi connectivity index (χ1v) is 24.2. The Bertz CT molecular complexity index is 3810. The topological polar surface area (TPSA) is 0 Å². The number of benzene rings is 10. The van der Waals surface area contributed by atoms with Crippen molar-refractivity contribution >= 4 is 33.1 Å². The quantitative estimate of drug-likeness (QED) is 0.155. The van der Waals surface area contributed by atoms with Crippen molar-refractivity contribution < 1.29 is 0 Å². The van der Waals surface area contributed by atoms with Crippen LogP contribution in [0.5, 0.6) is 0 Å². The van der Waals surface area contributed by atoms with Gasteiger partial charge in [-0.05, 0) is 147 Å². The highest BCUT2D eigenvalue weighted by atomic mass is 32.1. The Labute approximate surface area is 394 Å². The molecule has 1 heteroatoms. The fraction of sp³-hybridized carbons (Fsp3) is 0.0303. The molecule has 0 saturated heterocycles. The van der Waals surface area contributed by atoms with Crippen LogP contribution in [-0.4, -0.2) is 0 Å². The normalized spacial score (nSPS) is 14.6. The van der Waals surface area contributed by atoms with Crippen molar-refractivity contribution in [3.05, 3.63) is 298 Å². The molecule has 0 saturated carbocycles. The molecular formula is C66H40S. The van der Waals surface area contributed by atoms with Crippen LogP contribution in [0.3, 0.4) is 0 Å². The second kappa shape index (κ2) is 13.7. The summed E-state index contributed by atoms with van der Waals surface area (Å²) in [7, 11) is 0. The van der Waals surface area contributed by atoms with Crippen molar-refractivity contribution in [3.8, 4) is 54.9 Å². The van der Waals surface area contributed by atoms with E-state index in [1.54, 1.807) is 0 Å². The van der Waals surface area contributed by atoms with Crippen molar-refractivity contribution in [2.24, 2.45) is 0 Å². The summed E-state index contributed by atoms with van der Waals surface area (Å²) in [6.45, 7) is 0. The lowest BCUT2D eigenvalue weighted by Crippen LogP contribution is -2.26. The van der Waals surface area contributed by atoms with E-state index in [1.807, 2.05) is 11.3 Å². The number of fused-ring (bicyclic) bond motifs is 22. The molecule has 1 aromatic heterocycles. The summed E-state index contributed by atoms with van der Waals surface area (Å²) in [5.74, 6) is 0. The molecule has 0 aliphatic heterocycles. The van der Waals surface area contributed by atoms with Crippen molar-refractivity contribution in [1.29, 1.82) is 0 Å². The highest BCUT2D eigenvalue weighted by Gasteiger charge is 2.54. The first-order valence-electron chi connectivity index (χ1n) is 23.4. The lowest BCUT2D eigenvalue weighted by Gasteiger charge is -2.31. The van der Waals surface area contributed by atoms with Gasteiger partial charge in [-0.25, -0.2) is 0 Å². The molecule has 67 heavy (non-hydrogen) atoms. The molecule has 4 aliphatic rings. The molecule has 0 bridgehead atoms. The number of rotatable bonds is 4. The van der Waals surface area contributed by atoms with Crippen molar-refractivity contribution in [2.45, 2.75) is 10.8 Å². The Kier molecular flexibility index (Phi) is 7.61. The maximum atomic E-state index is 2.53. The predicted molar refractivity (Wildman–Crippen MR) is 280 cm³/mol. The minimum absolute atomic E-state index is 0.430. The second-order valence-electron chi connectivity index (χ2n) is 18.6. The van der Waals surface area contributed by atoms with Gasteiger partial charge in [0.05, 0.1) is 10.8 Å². The van der Waals surface area contributed by atoms with Crippen LogP contribution in [0.2, 0.25) is 0 Å². The van der Waals surface area contributed by atoms with Crippen LogP contribution in [-0.2, 0) is 10.8 Å². The van der Waals surface area contributed by atoms with Crippen molar-refractivity contribution in [3.63, 3.8) is 0 Å². The molecule has 0 fully saturated rings. The molecular weight excluding hydrogens is 825 g/mol. The van der Waals surface area contributed by atoms with E-state index in [4.69, 9.17) is 0 Å². The first kappa shape index (κ1) is 37.2. The van der Waals surface area contributed by atoms with Gasteiger partial charge in [-0.15, -0.1) is 11.3 Å². The third-order valence-electron chi connectivity index (χ3n) is 15.5. The number of hydrogen-bond acceptors (Lipinski definition) is 1. The largest absolute Gasteiger partial charge is 0.135 e. The highest BCUT2D eigenvalue weighted by molar-refractivity contribution is 7.22. The van der Waals surface area contributed by atoms with Crippen LogP contribution >= 0.6 is 11.3 Å². The van der Waals surface area contributed by atoms with Crippen LogP contribution in [0.25, 0.3) is 76.7 Å². The Morgan fingerprint density at radius 2 is 0.776 bits per heavy atom. The Morgan fingerprint density at radius 1 is 0.328 bits per heavy atom. The van der Waals surface area contributed by atoms with Gasteiger partial charge in [0.25, 0.3) is 0 Å². The van der Waals surface area contributed by atoms with E-state index in [0.29, 0.717) is 0 Å². The maximum Gasteiger partial charge on any atom is 0.0740 e. The van der Waals surface area contributed by atoms with Crippen molar-refractivity contribution in [1.82, 2.24) is 0 Å². The zero-order valence-electron chi connectivity index (χ0n) is 36.5. The summed E-state index contributed by atoms with van der Waals surface area (Å²) in [5, 5.41) is 1.35. The molecule has 1 heterocycles. The van der Waals surface area contributed by atoms with Crippen LogP contribution in [0.1, 0.15) is 61.2 Å². The zero-order chi connectivity index (χ0) is 43.8. The summed E-state index contributed by atoms with van der Waals surface area (Å²) in [4.78, 5) is 1.38. The summed E-state index contributed by atoms with van der Waals surface area (Å²) in [6, 6.07) is 89.3. The van der Waals surface area contributed by atoms with Gasteiger partial charge in [-0.1, -0.05) is 218 Å². The van der Waals surface area contributed by atoms with E-state index in [9.17, 15) is 0 Å². The second-order valence-corrected chi connectivity index (χ2v) is 19.6. The van der Waals surface area contributed by atoms with E-state index in [-0.39, 0.29) is 0 Å². The summed E-state index contributed by atoms with van der Waals surface area (Å²) >= 11 is 1.94. The molecule has 10 aromatic carbocycles. The molecule has 0 amide bonds. The average Bonchev–Trinajstić information content (AvgIpc) is 4.16. The summed E-state index contributed by atoms with van der Waals surface area (Å²) < 4.78 is 1.34. The van der Waals surface area contributed by atoms with E-state index < -0.39 is 10.8 Å². The van der Waals surface area contributed by atoms with Crippen LogP contribution < -0.4 is 0 Å². The smallest absolute Gasteiger partial charge is 0.0740 e. The van der Waals surface area contributed by atoms with Crippen LogP contribution in [0, 0.1) is 0 Å². The minimum Gasteiger partial charge on any atom is -0.135 e. The highest BCUT2D eigenvalue weighted by Crippen LogP contribution is 2.67. The van der Waals surface area contributed by atoms with E-state index in [0.717, 1.165) is 0 Å². The molecule has 310 valence electrons. The molecule has 15 rings (SSSR count). The molecule has 11 aromatic rings. The molecule has 0 radical (unpaired) electrons. The van der Waals surface area contributed by atoms with Crippen molar-refractivity contribution in [2.75, 3.05) is 0 Å². The van der Waals surface area contributed by atoms with Gasteiger partial charge >= 0.3 is 0 Å². The number of thiophene rings is 1. The van der Waals surface area contributed by atoms with Gasteiger partial charge in [0.2, 0.25) is 0 Å². The fourth-order valence-electron chi connectivity index (χ4n) is 12.9. The average molecular weight is 865 g/mol. The van der Waals surface area contributed by atoms with Crippen LogP contribution in [0.15, 0.2) is 237 Å². The van der Waals surface area contributed by atoms with Gasteiger partial charge in [0.15, 0.2) is 0 Å². The van der Waals surface area contributed by atoms with Gasteiger partial charge in [0, 0.05) is 9.58 Å². The Balaban J connectivity index is 0.984. The first-order chi connectivity index (χ1) is 33.2. The van der Waals surface area contributed by atoms with Crippen LogP contribution in [0.4, 0.5) is 0 Å². The maximum absolute atomic E-state index is 2.53. The standard InChI is InChI=1S/C66H40S/c1-2-16-42(17-3-1)43-31-33-44(34-32-43)54(45-35-37-51-50-22-6-12-26-57(50)65(61(51)40-45)55-24-10-4-18-46(55)47-19-5-11-25-56(47)65)38-41-30-36-52-60(39-41)66(63-53-23-9-15-29-62(53)67-64(52)63)58-27-13-7-20-48(58)49-21-8-14-28-59(49)66/h1-40H. The molecule has 0 N–H and O–H groups in total. The molecule has 2 spiro atoms.